The summed E-state index contributed by atoms with van der Waals surface area (Å²) in [6.07, 6.45) is 0.560. The molecule has 1 aromatic rings. The first-order valence-electron chi connectivity index (χ1n) is 4.80. The van der Waals surface area contributed by atoms with Gasteiger partial charge in [-0.1, -0.05) is 37.6 Å². The molecule has 0 aliphatic heterocycles. The van der Waals surface area contributed by atoms with Crippen LogP contribution in [0, 0.1) is 12.8 Å². The van der Waals surface area contributed by atoms with Crippen molar-refractivity contribution >= 4 is 17.4 Å². The van der Waals surface area contributed by atoms with E-state index in [9.17, 15) is 4.79 Å². The second-order valence-corrected chi connectivity index (χ2v) is 4.36. The first-order valence-corrected chi connectivity index (χ1v) is 5.18. The molecule has 0 radical (unpaired) electrons. The summed E-state index contributed by atoms with van der Waals surface area (Å²) >= 11 is 5.99. The van der Waals surface area contributed by atoms with Gasteiger partial charge in [-0.25, -0.2) is 0 Å². The topological polar surface area (TPSA) is 17.1 Å². The van der Waals surface area contributed by atoms with Crippen LogP contribution >= 0.6 is 11.6 Å². The van der Waals surface area contributed by atoms with Crippen LogP contribution in [0.3, 0.4) is 0 Å². The third-order valence-corrected chi connectivity index (χ3v) is 2.41. The van der Waals surface area contributed by atoms with Gasteiger partial charge in [0.05, 0.1) is 5.02 Å². The van der Waals surface area contributed by atoms with Crippen LogP contribution in [0.4, 0.5) is 0 Å². The number of carbonyl (C=O) groups is 1. The SMILES string of the molecule is Cc1cccc(Cl)c1C(=O)CC(C)C. The van der Waals surface area contributed by atoms with Crippen molar-refractivity contribution in [1.29, 1.82) is 0 Å². The van der Waals surface area contributed by atoms with E-state index in [4.69, 9.17) is 11.6 Å². The van der Waals surface area contributed by atoms with Gasteiger partial charge in [-0.2, -0.15) is 0 Å². The second-order valence-electron chi connectivity index (χ2n) is 3.95. The molecule has 0 saturated carbocycles. The fraction of sp³-hybridized carbons (Fsp3) is 0.417. The quantitative estimate of drug-likeness (QED) is 0.692. The summed E-state index contributed by atoms with van der Waals surface area (Å²) in [5, 5.41) is 0.565. The summed E-state index contributed by atoms with van der Waals surface area (Å²) in [6.45, 7) is 5.98. The first-order chi connectivity index (χ1) is 6.52. The third kappa shape index (κ3) is 2.58. The predicted octanol–water partition coefficient (Wildman–Crippen LogP) is 3.88. The Morgan fingerprint density at radius 3 is 2.57 bits per heavy atom. The van der Waals surface area contributed by atoms with Gasteiger partial charge >= 0.3 is 0 Å². The van der Waals surface area contributed by atoms with E-state index in [-0.39, 0.29) is 5.78 Å². The van der Waals surface area contributed by atoms with Gasteiger partial charge in [0.1, 0.15) is 0 Å². The largest absolute Gasteiger partial charge is 0.294 e. The van der Waals surface area contributed by atoms with E-state index in [1.165, 1.54) is 0 Å². The van der Waals surface area contributed by atoms with Gasteiger partial charge in [0.25, 0.3) is 0 Å². The molecule has 1 rings (SSSR count). The summed E-state index contributed by atoms with van der Waals surface area (Å²) in [5.41, 5.74) is 1.64. The zero-order valence-corrected chi connectivity index (χ0v) is 9.56. The Morgan fingerprint density at radius 1 is 1.43 bits per heavy atom. The number of benzene rings is 1. The molecule has 0 bridgehead atoms. The van der Waals surface area contributed by atoms with Gasteiger partial charge in [-0.15, -0.1) is 0 Å². The van der Waals surface area contributed by atoms with E-state index in [0.29, 0.717) is 22.9 Å². The van der Waals surface area contributed by atoms with Gasteiger partial charge in [0, 0.05) is 12.0 Å². The van der Waals surface area contributed by atoms with Gasteiger partial charge < -0.3 is 0 Å². The van der Waals surface area contributed by atoms with Gasteiger partial charge in [-0.3, -0.25) is 4.79 Å². The molecule has 0 fully saturated rings. The van der Waals surface area contributed by atoms with Gasteiger partial charge in [-0.05, 0) is 24.5 Å². The zero-order valence-electron chi connectivity index (χ0n) is 8.80. The highest BCUT2D eigenvalue weighted by Gasteiger charge is 2.13. The number of rotatable bonds is 3. The van der Waals surface area contributed by atoms with Gasteiger partial charge in [0.2, 0.25) is 0 Å². The van der Waals surface area contributed by atoms with Crippen molar-refractivity contribution in [3.63, 3.8) is 0 Å². The molecule has 0 atom stereocenters. The molecule has 0 aliphatic rings. The van der Waals surface area contributed by atoms with E-state index in [2.05, 4.69) is 0 Å². The Morgan fingerprint density at radius 2 is 2.07 bits per heavy atom. The maximum atomic E-state index is 11.8. The Labute approximate surface area is 90.1 Å². The van der Waals surface area contributed by atoms with Crippen molar-refractivity contribution < 1.29 is 4.79 Å². The average Bonchev–Trinajstić information content (AvgIpc) is 2.01. The molecule has 0 unspecified atom stereocenters. The highest BCUT2D eigenvalue weighted by Crippen LogP contribution is 2.22. The van der Waals surface area contributed by atoms with Crippen LogP contribution in [0.25, 0.3) is 0 Å². The highest BCUT2D eigenvalue weighted by atomic mass is 35.5. The molecule has 2 heteroatoms. The van der Waals surface area contributed by atoms with Crippen molar-refractivity contribution in [2.24, 2.45) is 5.92 Å². The maximum absolute atomic E-state index is 11.8. The van der Waals surface area contributed by atoms with Crippen molar-refractivity contribution in [2.45, 2.75) is 27.2 Å². The Bertz CT molecular complexity index is 322. The van der Waals surface area contributed by atoms with Crippen LogP contribution in [0.2, 0.25) is 5.02 Å². The maximum Gasteiger partial charge on any atom is 0.164 e. The van der Waals surface area contributed by atoms with E-state index in [1.54, 1.807) is 6.07 Å². The van der Waals surface area contributed by atoms with Crippen molar-refractivity contribution in [3.8, 4) is 0 Å². The minimum atomic E-state index is 0.142. The number of Topliss-reactive ketones (excluding diaryl/α,β-unsaturated/α-hetero) is 1. The number of hydrogen-bond acceptors (Lipinski definition) is 1. The van der Waals surface area contributed by atoms with Crippen LogP contribution < -0.4 is 0 Å². The minimum Gasteiger partial charge on any atom is -0.294 e. The standard InChI is InChI=1S/C12H15ClO/c1-8(2)7-11(14)12-9(3)5-4-6-10(12)13/h4-6,8H,7H2,1-3H3. The van der Waals surface area contributed by atoms with Crippen LogP contribution in [-0.2, 0) is 0 Å². The molecule has 1 aromatic carbocycles. The molecular weight excluding hydrogens is 196 g/mol. The Hall–Kier alpha value is -0.820. The summed E-state index contributed by atoms with van der Waals surface area (Å²) < 4.78 is 0. The molecule has 14 heavy (non-hydrogen) atoms. The molecule has 0 spiro atoms. The molecule has 0 aliphatic carbocycles. The number of ketones is 1. The minimum absolute atomic E-state index is 0.142. The summed E-state index contributed by atoms with van der Waals surface area (Å²) in [6, 6.07) is 5.55. The monoisotopic (exact) mass is 210 g/mol. The Balaban J connectivity index is 3.00. The van der Waals surface area contributed by atoms with Crippen LogP contribution in [0.1, 0.15) is 36.2 Å². The normalized spacial score (nSPS) is 10.6. The summed E-state index contributed by atoms with van der Waals surface area (Å²) in [7, 11) is 0. The van der Waals surface area contributed by atoms with Crippen LogP contribution in [0.5, 0.6) is 0 Å². The molecular formula is C12H15ClO. The first kappa shape index (κ1) is 11.3. The molecule has 0 saturated heterocycles. The summed E-state index contributed by atoms with van der Waals surface area (Å²) in [5.74, 6) is 0.515. The van der Waals surface area contributed by atoms with Crippen molar-refractivity contribution in [1.82, 2.24) is 0 Å². The van der Waals surface area contributed by atoms with Crippen LogP contribution in [-0.4, -0.2) is 5.78 Å². The molecule has 0 N–H and O–H groups in total. The molecule has 0 aromatic heterocycles. The van der Waals surface area contributed by atoms with E-state index < -0.39 is 0 Å². The summed E-state index contributed by atoms with van der Waals surface area (Å²) in [4.78, 5) is 11.8. The second kappa shape index (κ2) is 4.61. The van der Waals surface area contributed by atoms with Gasteiger partial charge in [0.15, 0.2) is 5.78 Å². The number of carbonyl (C=O) groups excluding carboxylic acids is 1. The lowest BCUT2D eigenvalue weighted by Crippen LogP contribution is -2.06. The molecule has 76 valence electrons. The van der Waals surface area contributed by atoms with Crippen molar-refractivity contribution in [3.05, 3.63) is 34.3 Å². The lowest BCUT2D eigenvalue weighted by molar-refractivity contribution is 0.0967. The number of halogens is 1. The molecule has 1 nitrogen and oxygen atoms in total. The number of hydrogen-bond donors (Lipinski definition) is 0. The van der Waals surface area contributed by atoms with E-state index in [0.717, 1.165) is 5.56 Å². The lowest BCUT2D eigenvalue weighted by atomic mass is 9.98. The predicted molar refractivity (Wildman–Crippen MR) is 60.0 cm³/mol. The average molecular weight is 211 g/mol. The fourth-order valence-corrected chi connectivity index (χ4v) is 1.79. The fourth-order valence-electron chi connectivity index (χ4n) is 1.46. The lowest BCUT2D eigenvalue weighted by Gasteiger charge is -2.08. The molecule has 0 amide bonds. The molecule has 0 heterocycles. The highest BCUT2D eigenvalue weighted by molar-refractivity contribution is 6.34. The third-order valence-electron chi connectivity index (χ3n) is 2.09. The van der Waals surface area contributed by atoms with E-state index >= 15 is 0 Å². The number of aryl methyl sites for hydroxylation is 1. The van der Waals surface area contributed by atoms with Crippen molar-refractivity contribution in [2.75, 3.05) is 0 Å². The van der Waals surface area contributed by atoms with Crippen LogP contribution in [0.15, 0.2) is 18.2 Å². The smallest absolute Gasteiger partial charge is 0.164 e. The zero-order chi connectivity index (χ0) is 10.7. The Kier molecular flexibility index (Phi) is 3.70. The van der Waals surface area contributed by atoms with E-state index in [1.807, 2.05) is 32.9 Å².